The van der Waals surface area contributed by atoms with Gasteiger partial charge >= 0.3 is 0 Å². The summed E-state index contributed by atoms with van der Waals surface area (Å²) in [5.74, 6) is 1.17. The lowest BCUT2D eigenvalue weighted by molar-refractivity contribution is 0.252. The highest BCUT2D eigenvalue weighted by molar-refractivity contribution is 5.99. The van der Waals surface area contributed by atoms with E-state index in [1.165, 1.54) is 6.07 Å². The summed E-state index contributed by atoms with van der Waals surface area (Å²) < 4.78 is 20.7. The van der Waals surface area contributed by atoms with Gasteiger partial charge in [0.15, 0.2) is 5.82 Å². The van der Waals surface area contributed by atoms with E-state index in [1.54, 1.807) is 32.6 Å². The lowest BCUT2D eigenvalue weighted by Gasteiger charge is -2.29. The largest absolute Gasteiger partial charge is 0.496 e. The van der Waals surface area contributed by atoms with Gasteiger partial charge in [0.1, 0.15) is 17.4 Å². The smallest absolute Gasteiger partial charge is 0.172 e. The fraction of sp³-hybridized carbons (Fsp3) is 0.409. The van der Waals surface area contributed by atoms with Crippen molar-refractivity contribution in [3.63, 3.8) is 0 Å². The third-order valence-electron chi connectivity index (χ3n) is 5.34. The van der Waals surface area contributed by atoms with Gasteiger partial charge in [-0.15, -0.1) is 0 Å². The SMILES string of the molecule is CN/C(=C\C(N)=Nc1cnc(C)cn1)c1cc(F)c(C2CCN(C)CC2)cc1OC. The van der Waals surface area contributed by atoms with Crippen molar-refractivity contribution in [1.29, 1.82) is 0 Å². The molecular formula is C22H29FN6O. The molecule has 7 nitrogen and oxygen atoms in total. The number of amidine groups is 1. The zero-order valence-corrected chi connectivity index (χ0v) is 17.9. The molecule has 0 unspecified atom stereocenters. The van der Waals surface area contributed by atoms with Crippen LogP contribution >= 0.6 is 0 Å². The van der Waals surface area contributed by atoms with Crippen LogP contribution in [-0.4, -0.2) is 55.0 Å². The van der Waals surface area contributed by atoms with Crippen molar-refractivity contribution in [1.82, 2.24) is 20.2 Å². The second-order valence-electron chi connectivity index (χ2n) is 7.51. The number of nitrogens with two attached hydrogens (primary N) is 1. The molecule has 2 heterocycles. The standard InChI is InChI=1S/C22H29FN6O/c1-14-12-27-22(13-26-14)28-21(24)11-19(25-2)17-9-18(23)16(10-20(17)30-4)15-5-7-29(3)8-6-15/h9-13,15,25H,5-8H2,1-4H3,(H2,24,27,28)/b19-11-. The van der Waals surface area contributed by atoms with Crippen molar-refractivity contribution in [3.05, 3.63) is 53.2 Å². The van der Waals surface area contributed by atoms with Gasteiger partial charge in [-0.2, -0.15) is 0 Å². The number of piperidine rings is 1. The van der Waals surface area contributed by atoms with Crippen molar-refractivity contribution in [3.8, 4) is 5.75 Å². The molecule has 8 heteroatoms. The van der Waals surface area contributed by atoms with Crippen molar-refractivity contribution < 1.29 is 9.13 Å². The van der Waals surface area contributed by atoms with Crippen LogP contribution in [0.1, 0.15) is 35.6 Å². The van der Waals surface area contributed by atoms with E-state index in [2.05, 4.69) is 32.2 Å². The zero-order chi connectivity index (χ0) is 21.7. The lowest BCUT2D eigenvalue weighted by Crippen LogP contribution is -2.29. The van der Waals surface area contributed by atoms with E-state index in [1.807, 2.05) is 13.0 Å². The number of aromatic nitrogens is 2. The Morgan fingerprint density at radius 3 is 2.63 bits per heavy atom. The molecule has 1 saturated heterocycles. The van der Waals surface area contributed by atoms with Crippen LogP contribution < -0.4 is 15.8 Å². The summed E-state index contributed by atoms with van der Waals surface area (Å²) in [5.41, 5.74) is 8.76. The van der Waals surface area contributed by atoms with Crippen LogP contribution in [0.3, 0.4) is 0 Å². The first-order valence-corrected chi connectivity index (χ1v) is 10.00. The van der Waals surface area contributed by atoms with Gasteiger partial charge in [0.2, 0.25) is 0 Å². The molecule has 0 radical (unpaired) electrons. The lowest BCUT2D eigenvalue weighted by atomic mass is 9.88. The molecule has 0 atom stereocenters. The Balaban J connectivity index is 1.92. The Morgan fingerprint density at radius 1 is 1.30 bits per heavy atom. The summed E-state index contributed by atoms with van der Waals surface area (Å²) in [5, 5.41) is 3.06. The number of hydrogen-bond acceptors (Lipinski definition) is 6. The van der Waals surface area contributed by atoms with Gasteiger partial charge in [0, 0.05) is 24.4 Å². The molecule has 1 aromatic carbocycles. The Bertz CT molecular complexity index is 933. The van der Waals surface area contributed by atoms with E-state index >= 15 is 4.39 Å². The highest BCUT2D eigenvalue weighted by Crippen LogP contribution is 2.35. The van der Waals surface area contributed by atoms with Crippen LogP contribution in [-0.2, 0) is 0 Å². The summed E-state index contributed by atoms with van der Waals surface area (Å²) in [6, 6.07) is 3.32. The first kappa shape index (κ1) is 21.7. The first-order valence-electron chi connectivity index (χ1n) is 10.00. The molecule has 2 aromatic rings. The number of nitrogens with one attached hydrogen (secondary N) is 1. The number of benzene rings is 1. The number of rotatable bonds is 6. The number of hydrogen-bond donors (Lipinski definition) is 2. The first-order chi connectivity index (χ1) is 14.4. The molecule has 1 aromatic heterocycles. The zero-order valence-electron chi connectivity index (χ0n) is 17.9. The number of halogens is 1. The molecule has 160 valence electrons. The van der Waals surface area contributed by atoms with E-state index in [0.29, 0.717) is 28.4 Å². The van der Waals surface area contributed by atoms with Crippen LogP contribution in [0.4, 0.5) is 10.2 Å². The Morgan fingerprint density at radius 2 is 2.03 bits per heavy atom. The van der Waals surface area contributed by atoms with E-state index in [9.17, 15) is 0 Å². The Labute approximate surface area is 176 Å². The summed E-state index contributed by atoms with van der Waals surface area (Å²) in [7, 11) is 5.42. The molecule has 0 aliphatic carbocycles. The van der Waals surface area contributed by atoms with Gasteiger partial charge in [-0.3, -0.25) is 4.98 Å². The van der Waals surface area contributed by atoms with Crippen molar-refractivity contribution in [2.24, 2.45) is 10.7 Å². The van der Waals surface area contributed by atoms with Crippen molar-refractivity contribution in [2.45, 2.75) is 25.7 Å². The highest BCUT2D eigenvalue weighted by atomic mass is 19.1. The van der Waals surface area contributed by atoms with Gasteiger partial charge in [0.05, 0.1) is 25.2 Å². The maximum atomic E-state index is 15.1. The molecule has 3 N–H and O–H groups in total. The summed E-state index contributed by atoms with van der Waals surface area (Å²) >= 11 is 0. The summed E-state index contributed by atoms with van der Waals surface area (Å²) in [6.45, 7) is 3.77. The number of ether oxygens (including phenoxy) is 1. The van der Waals surface area contributed by atoms with E-state index in [0.717, 1.165) is 31.6 Å². The van der Waals surface area contributed by atoms with Crippen LogP contribution in [0.25, 0.3) is 5.70 Å². The molecule has 0 amide bonds. The molecule has 1 fully saturated rings. The molecule has 0 bridgehead atoms. The predicted octanol–water partition coefficient (Wildman–Crippen LogP) is 2.99. The number of methoxy groups -OCH3 is 1. The minimum Gasteiger partial charge on any atom is -0.496 e. The molecule has 30 heavy (non-hydrogen) atoms. The number of aryl methyl sites for hydroxylation is 1. The van der Waals surface area contributed by atoms with Crippen LogP contribution in [0, 0.1) is 12.7 Å². The fourth-order valence-electron chi connectivity index (χ4n) is 3.62. The Kier molecular flexibility index (Phi) is 6.99. The van der Waals surface area contributed by atoms with Crippen LogP contribution in [0.2, 0.25) is 0 Å². The van der Waals surface area contributed by atoms with E-state index in [4.69, 9.17) is 10.5 Å². The fourth-order valence-corrected chi connectivity index (χ4v) is 3.62. The van der Waals surface area contributed by atoms with Gasteiger partial charge in [-0.25, -0.2) is 14.4 Å². The highest BCUT2D eigenvalue weighted by Gasteiger charge is 2.23. The third-order valence-corrected chi connectivity index (χ3v) is 5.34. The predicted molar refractivity (Wildman–Crippen MR) is 118 cm³/mol. The quantitative estimate of drug-likeness (QED) is 0.560. The summed E-state index contributed by atoms with van der Waals surface area (Å²) in [6.07, 6.45) is 6.67. The number of nitrogens with zero attached hydrogens (tertiary/aromatic N) is 4. The third kappa shape index (κ3) is 5.13. The van der Waals surface area contributed by atoms with E-state index in [-0.39, 0.29) is 17.6 Å². The van der Waals surface area contributed by atoms with Gasteiger partial charge in [-0.1, -0.05) is 0 Å². The van der Waals surface area contributed by atoms with Crippen LogP contribution in [0.5, 0.6) is 5.75 Å². The Hall–Kier alpha value is -3.00. The second-order valence-corrected chi connectivity index (χ2v) is 7.51. The van der Waals surface area contributed by atoms with Crippen LogP contribution in [0.15, 0.2) is 35.6 Å². The van der Waals surface area contributed by atoms with Gasteiger partial charge in [-0.05, 0) is 63.5 Å². The van der Waals surface area contributed by atoms with E-state index < -0.39 is 0 Å². The maximum Gasteiger partial charge on any atom is 0.172 e. The average molecular weight is 413 g/mol. The summed E-state index contributed by atoms with van der Waals surface area (Å²) in [4.78, 5) is 14.8. The average Bonchev–Trinajstić information content (AvgIpc) is 2.74. The van der Waals surface area contributed by atoms with Gasteiger partial charge in [0.25, 0.3) is 0 Å². The molecular weight excluding hydrogens is 383 g/mol. The minimum absolute atomic E-state index is 0.193. The van der Waals surface area contributed by atoms with Crippen molar-refractivity contribution in [2.75, 3.05) is 34.3 Å². The maximum absolute atomic E-state index is 15.1. The normalized spacial score (nSPS) is 16.6. The number of likely N-dealkylation sites (tertiary alicyclic amines) is 1. The molecule has 0 spiro atoms. The number of aliphatic imine (C=N–C) groups is 1. The monoisotopic (exact) mass is 412 g/mol. The van der Waals surface area contributed by atoms with Crippen molar-refractivity contribution >= 4 is 17.4 Å². The molecule has 1 aliphatic heterocycles. The van der Waals surface area contributed by atoms with Gasteiger partial charge < -0.3 is 20.7 Å². The minimum atomic E-state index is -0.235. The second kappa shape index (κ2) is 9.67. The molecule has 3 rings (SSSR count). The molecule has 0 saturated carbocycles. The topological polar surface area (TPSA) is 88.7 Å². The molecule has 1 aliphatic rings.